The summed E-state index contributed by atoms with van der Waals surface area (Å²) in [5, 5.41) is 14.1. The summed E-state index contributed by atoms with van der Waals surface area (Å²) < 4.78 is 18.5. The van der Waals surface area contributed by atoms with Gasteiger partial charge in [0.2, 0.25) is 0 Å². The van der Waals surface area contributed by atoms with Crippen molar-refractivity contribution in [1.29, 1.82) is 0 Å². The largest absolute Gasteiger partial charge is 0.479 e. The van der Waals surface area contributed by atoms with Crippen LogP contribution in [-0.2, 0) is 0 Å². The van der Waals surface area contributed by atoms with Gasteiger partial charge in [-0.3, -0.25) is 0 Å². The molecule has 0 saturated carbocycles. The number of hydrogen-bond donors (Lipinski definition) is 3. The second-order valence-corrected chi connectivity index (χ2v) is 4.35. The van der Waals surface area contributed by atoms with Crippen LogP contribution in [0.25, 0.3) is 0 Å². The molecule has 6 heteroatoms. The minimum atomic E-state index is -0.499. The number of urea groups is 1. The number of amides is 2. The summed E-state index contributed by atoms with van der Waals surface area (Å²) in [5.41, 5.74) is 0.196. The van der Waals surface area contributed by atoms with E-state index in [2.05, 4.69) is 16.6 Å². The molecule has 1 aromatic carbocycles. The summed E-state index contributed by atoms with van der Waals surface area (Å²) in [4.78, 5) is 11.9. The first-order valence-electron chi connectivity index (χ1n) is 6.64. The Labute approximate surface area is 123 Å². The highest BCUT2D eigenvalue weighted by molar-refractivity contribution is 5.91. The van der Waals surface area contributed by atoms with Crippen LogP contribution in [-0.4, -0.2) is 30.4 Å². The van der Waals surface area contributed by atoms with Crippen LogP contribution in [0.5, 0.6) is 5.75 Å². The van der Waals surface area contributed by atoms with Gasteiger partial charge in [0.15, 0.2) is 0 Å². The Morgan fingerprint density at radius 3 is 2.95 bits per heavy atom. The Bertz CT molecular complexity index is 514. The van der Waals surface area contributed by atoms with E-state index in [1.165, 1.54) is 12.1 Å². The molecule has 114 valence electrons. The lowest BCUT2D eigenvalue weighted by Crippen LogP contribution is -2.38. The third-order valence-electron chi connectivity index (χ3n) is 2.81. The zero-order valence-electron chi connectivity index (χ0n) is 11.9. The van der Waals surface area contributed by atoms with Crippen molar-refractivity contribution in [3.63, 3.8) is 0 Å². The number of benzene rings is 1. The minimum absolute atomic E-state index is 0.0179. The van der Waals surface area contributed by atoms with E-state index in [1.807, 2.05) is 6.92 Å². The number of hydrogen-bond acceptors (Lipinski definition) is 3. The molecule has 1 aromatic rings. The fraction of sp³-hybridized carbons (Fsp3) is 0.400. The molecule has 1 atom stereocenters. The first-order valence-corrected chi connectivity index (χ1v) is 6.64. The van der Waals surface area contributed by atoms with Gasteiger partial charge in [-0.1, -0.05) is 12.8 Å². The van der Waals surface area contributed by atoms with Gasteiger partial charge in [-0.2, -0.15) is 0 Å². The molecule has 0 radical (unpaired) electrons. The quantitative estimate of drug-likeness (QED) is 0.675. The molecule has 0 aromatic heterocycles. The monoisotopic (exact) mass is 294 g/mol. The number of ether oxygens (including phenoxy) is 1. The Morgan fingerprint density at radius 2 is 2.33 bits per heavy atom. The zero-order chi connectivity index (χ0) is 15.7. The third kappa shape index (κ3) is 5.71. The lowest BCUT2D eigenvalue weighted by atomic mass is 10.2. The average molecular weight is 294 g/mol. The molecule has 1 unspecified atom stereocenters. The first-order chi connectivity index (χ1) is 10.1. The van der Waals surface area contributed by atoms with Crippen molar-refractivity contribution in [2.24, 2.45) is 0 Å². The second kappa shape index (κ2) is 8.82. The van der Waals surface area contributed by atoms with E-state index in [1.54, 1.807) is 0 Å². The predicted octanol–water partition coefficient (Wildman–Crippen LogP) is 2.12. The van der Waals surface area contributed by atoms with E-state index in [-0.39, 0.29) is 24.9 Å². The summed E-state index contributed by atoms with van der Waals surface area (Å²) in [6.45, 7) is 1.89. The highest BCUT2D eigenvalue weighted by atomic mass is 19.1. The Balaban J connectivity index is 2.74. The molecule has 0 bridgehead atoms. The lowest BCUT2D eigenvalue weighted by molar-refractivity contribution is 0.237. The standard InChI is InChI=1S/C15H19FN2O3/c1-3-9-21-14-6-5-11(16)10-13(14)18-15(20)17-12(4-2)7-8-19/h1,5-6,10,12,19H,4,7-9H2,2H3,(H2,17,18,20). The van der Waals surface area contributed by atoms with Crippen LogP contribution in [0.2, 0.25) is 0 Å². The number of aliphatic hydroxyl groups is 1. The van der Waals surface area contributed by atoms with Crippen molar-refractivity contribution >= 4 is 11.7 Å². The van der Waals surface area contributed by atoms with Gasteiger partial charge >= 0.3 is 6.03 Å². The van der Waals surface area contributed by atoms with Crippen LogP contribution in [0.15, 0.2) is 18.2 Å². The molecular formula is C15H19FN2O3. The van der Waals surface area contributed by atoms with Gasteiger partial charge in [0.25, 0.3) is 0 Å². The number of carbonyl (C=O) groups is 1. The Morgan fingerprint density at radius 1 is 1.57 bits per heavy atom. The Hall–Kier alpha value is -2.26. The number of halogens is 1. The second-order valence-electron chi connectivity index (χ2n) is 4.35. The van der Waals surface area contributed by atoms with E-state index in [9.17, 15) is 9.18 Å². The van der Waals surface area contributed by atoms with E-state index >= 15 is 0 Å². The molecule has 0 fully saturated rings. The lowest BCUT2D eigenvalue weighted by Gasteiger charge is -2.17. The van der Waals surface area contributed by atoms with Gasteiger partial charge < -0.3 is 20.5 Å². The van der Waals surface area contributed by atoms with Crippen LogP contribution in [0.3, 0.4) is 0 Å². The van der Waals surface area contributed by atoms with Gasteiger partial charge in [-0.15, -0.1) is 6.42 Å². The van der Waals surface area contributed by atoms with Crippen molar-refractivity contribution in [3.8, 4) is 18.1 Å². The smallest absolute Gasteiger partial charge is 0.319 e. The van der Waals surface area contributed by atoms with Crippen molar-refractivity contribution in [2.75, 3.05) is 18.5 Å². The van der Waals surface area contributed by atoms with Crippen LogP contribution in [0, 0.1) is 18.2 Å². The number of anilines is 1. The summed E-state index contributed by atoms with van der Waals surface area (Å²) in [5.74, 6) is 2.09. The SMILES string of the molecule is C#CCOc1ccc(F)cc1NC(=O)NC(CC)CCO. The number of carbonyl (C=O) groups excluding carboxylic acids is 1. The van der Waals surface area contributed by atoms with Crippen LogP contribution in [0.4, 0.5) is 14.9 Å². The van der Waals surface area contributed by atoms with Crippen LogP contribution in [0.1, 0.15) is 19.8 Å². The fourth-order valence-electron chi connectivity index (χ4n) is 1.72. The zero-order valence-corrected chi connectivity index (χ0v) is 11.9. The normalized spacial score (nSPS) is 11.3. The maximum absolute atomic E-state index is 13.3. The molecule has 3 N–H and O–H groups in total. The van der Waals surface area contributed by atoms with Gasteiger partial charge in [0.1, 0.15) is 18.2 Å². The van der Waals surface area contributed by atoms with Crippen molar-refractivity contribution in [2.45, 2.75) is 25.8 Å². The molecule has 0 heterocycles. The molecule has 0 aliphatic heterocycles. The number of terminal acetylenes is 1. The summed E-state index contributed by atoms with van der Waals surface area (Å²) in [6, 6.07) is 3.12. The molecule has 21 heavy (non-hydrogen) atoms. The third-order valence-corrected chi connectivity index (χ3v) is 2.81. The number of rotatable bonds is 7. The van der Waals surface area contributed by atoms with Crippen LogP contribution < -0.4 is 15.4 Å². The minimum Gasteiger partial charge on any atom is -0.479 e. The summed E-state index contributed by atoms with van der Waals surface area (Å²) in [6.07, 6.45) is 6.23. The molecule has 5 nitrogen and oxygen atoms in total. The molecule has 2 amide bonds. The number of nitrogens with one attached hydrogen (secondary N) is 2. The van der Waals surface area contributed by atoms with Crippen LogP contribution >= 0.6 is 0 Å². The molecule has 0 spiro atoms. The van der Waals surface area contributed by atoms with Gasteiger partial charge in [-0.25, -0.2) is 9.18 Å². The summed E-state index contributed by atoms with van der Waals surface area (Å²) in [7, 11) is 0. The topological polar surface area (TPSA) is 70.6 Å². The van der Waals surface area contributed by atoms with E-state index in [0.29, 0.717) is 18.6 Å². The van der Waals surface area contributed by atoms with Crippen molar-refractivity contribution in [1.82, 2.24) is 5.32 Å². The van der Waals surface area contributed by atoms with Gasteiger partial charge in [-0.05, 0) is 25.0 Å². The van der Waals surface area contributed by atoms with Crippen molar-refractivity contribution < 1.29 is 19.0 Å². The highest BCUT2D eigenvalue weighted by Gasteiger charge is 2.13. The van der Waals surface area contributed by atoms with Crippen molar-refractivity contribution in [3.05, 3.63) is 24.0 Å². The Kier molecular flexibility index (Phi) is 7.05. The fourth-order valence-corrected chi connectivity index (χ4v) is 1.72. The molecule has 0 aliphatic rings. The first kappa shape index (κ1) is 16.8. The average Bonchev–Trinajstić information content (AvgIpc) is 2.46. The maximum atomic E-state index is 13.3. The molecule has 0 aliphatic carbocycles. The molecular weight excluding hydrogens is 275 g/mol. The predicted molar refractivity (Wildman–Crippen MR) is 78.7 cm³/mol. The maximum Gasteiger partial charge on any atom is 0.319 e. The molecule has 0 saturated heterocycles. The van der Waals surface area contributed by atoms with Gasteiger partial charge in [0, 0.05) is 18.7 Å². The van der Waals surface area contributed by atoms with E-state index in [4.69, 9.17) is 16.3 Å². The number of aliphatic hydroxyl groups excluding tert-OH is 1. The van der Waals surface area contributed by atoms with Gasteiger partial charge in [0.05, 0.1) is 5.69 Å². The highest BCUT2D eigenvalue weighted by Crippen LogP contribution is 2.25. The van der Waals surface area contributed by atoms with E-state index < -0.39 is 11.8 Å². The molecule has 1 rings (SSSR count). The summed E-state index contributed by atoms with van der Waals surface area (Å²) >= 11 is 0. The van der Waals surface area contributed by atoms with E-state index in [0.717, 1.165) is 6.07 Å².